The van der Waals surface area contributed by atoms with E-state index in [2.05, 4.69) is 15.2 Å². The third kappa shape index (κ3) is 6.78. The summed E-state index contributed by atoms with van der Waals surface area (Å²) < 4.78 is 70.4. The Hall–Kier alpha value is -2.93. The highest BCUT2D eigenvalue weighted by atomic mass is 32.2. The van der Waals surface area contributed by atoms with Crippen molar-refractivity contribution >= 4 is 21.9 Å². The Morgan fingerprint density at radius 3 is 2.33 bits per heavy atom. The number of esters is 1. The smallest absolute Gasteiger partial charge is 0.434 e. The summed E-state index contributed by atoms with van der Waals surface area (Å²) in [5.74, 6) is -1.60. The van der Waals surface area contributed by atoms with Crippen molar-refractivity contribution in [2.24, 2.45) is 0 Å². The van der Waals surface area contributed by atoms with E-state index in [4.69, 9.17) is 0 Å². The predicted molar refractivity (Wildman–Crippen MR) is 114 cm³/mol. The number of carbonyl (C=O) groups is 2. The number of alkyl halides is 3. The molecule has 0 radical (unpaired) electrons. The summed E-state index contributed by atoms with van der Waals surface area (Å²) in [6.07, 6.45) is -2.58. The van der Waals surface area contributed by atoms with Gasteiger partial charge in [-0.05, 0) is 37.6 Å². The van der Waals surface area contributed by atoms with Crippen LogP contribution in [0.3, 0.4) is 0 Å². The lowest BCUT2D eigenvalue weighted by Gasteiger charge is -2.17. The van der Waals surface area contributed by atoms with Crippen LogP contribution in [0.5, 0.6) is 0 Å². The Balaban J connectivity index is 2.11. The average Bonchev–Trinajstić information content (AvgIpc) is 3.19. The number of carbonyl (C=O) groups excluding carboxylic acids is 2. The number of sulfonamides is 1. The molecule has 2 rings (SSSR count). The number of halogens is 3. The maximum Gasteiger partial charge on any atom is 0.434 e. The molecule has 0 saturated heterocycles. The number of nitrogens with one attached hydrogen (secondary N) is 1. The standard InChI is InChI=1S/C20H25F3N4O5S/c1-4-26(33(3,30)31)12-6-11-24-18(28)14-7-9-15(10-8-14)27-17(20(21,22)23)16(13-25-27)19(29)32-5-2/h7-10,13H,4-6,11-12H2,1-3H3,(H,24,28). The van der Waals surface area contributed by atoms with Gasteiger partial charge in [0.2, 0.25) is 10.0 Å². The highest BCUT2D eigenvalue weighted by molar-refractivity contribution is 7.88. The van der Waals surface area contributed by atoms with Crippen LogP contribution in [0, 0.1) is 0 Å². The largest absolute Gasteiger partial charge is 0.462 e. The Morgan fingerprint density at radius 2 is 1.82 bits per heavy atom. The molecule has 0 aliphatic heterocycles. The zero-order chi connectivity index (χ0) is 24.8. The third-order valence-electron chi connectivity index (χ3n) is 4.60. The van der Waals surface area contributed by atoms with Gasteiger partial charge in [-0.25, -0.2) is 22.2 Å². The maximum absolute atomic E-state index is 13.6. The lowest BCUT2D eigenvalue weighted by atomic mass is 10.2. The fourth-order valence-electron chi connectivity index (χ4n) is 3.05. The van der Waals surface area contributed by atoms with Gasteiger partial charge >= 0.3 is 12.1 Å². The summed E-state index contributed by atoms with van der Waals surface area (Å²) in [5.41, 5.74) is -1.78. The van der Waals surface area contributed by atoms with Crippen LogP contribution in [0.1, 0.15) is 46.7 Å². The first-order valence-electron chi connectivity index (χ1n) is 10.1. The van der Waals surface area contributed by atoms with Crippen molar-refractivity contribution in [2.45, 2.75) is 26.4 Å². The molecule has 9 nitrogen and oxygen atoms in total. The monoisotopic (exact) mass is 490 g/mol. The minimum atomic E-state index is -4.87. The van der Waals surface area contributed by atoms with Gasteiger partial charge in [-0.1, -0.05) is 6.92 Å². The first kappa shape index (κ1) is 26.3. The van der Waals surface area contributed by atoms with Crippen LogP contribution in [0.2, 0.25) is 0 Å². The van der Waals surface area contributed by atoms with Gasteiger partial charge in [0, 0.05) is 25.2 Å². The molecule has 1 amide bonds. The molecule has 13 heteroatoms. The quantitative estimate of drug-likeness (QED) is 0.405. The molecular weight excluding hydrogens is 465 g/mol. The van der Waals surface area contributed by atoms with E-state index in [1.165, 1.54) is 35.5 Å². The zero-order valence-corrected chi connectivity index (χ0v) is 19.2. The highest BCUT2D eigenvalue weighted by Gasteiger charge is 2.41. The van der Waals surface area contributed by atoms with Crippen molar-refractivity contribution in [1.29, 1.82) is 0 Å². The van der Waals surface area contributed by atoms with Crippen molar-refractivity contribution < 1.29 is 35.9 Å². The van der Waals surface area contributed by atoms with Crippen LogP contribution < -0.4 is 5.32 Å². The summed E-state index contributed by atoms with van der Waals surface area (Å²) in [5, 5.41) is 6.31. The third-order valence-corrected chi connectivity index (χ3v) is 5.98. The van der Waals surface area contributed by atoms with Crippen LogP contribution in [-0.2, 0) is 20.9 Å². The fraction of sp³-hybridized carbons (Fsp3) is 0.450. The minimum absolute atomic E-state index is 0.00108. The number of benzene rings is 1. The zero-order valence-electron chi connectivity index (χ0n) is 18.3. The molecule has 0 spiro atoms. The van der Waals surface area contributed by atoms with Gasteiger partial charge in [0.25, 0.3) is 5.91 Å². The Morgan fingerprint density at radius 1 is 1.18 bits per heavy atom. The number of hydrogen-bond donors (Lipinski definition) is 1. The van der Waals surface area contributed by atoms with Crippen molar-refractivity contribution in [3.8, 4) is 5.69 Å². The number of rotatable bonds is 10. The van der Waals surface area contributed by atoms with E-state index in [0.29, 0.717) is 17.6 Å². The molecule has 0 unspecified atom stereocenters. The minimum Gasteiger partial charge on any atom is -0.462 e. The number of ether oxygens (including phenoxy) is 1. The van der Waals surface area contributed by atoms with E-state index >= 15 is 0 Å². The van der Waals surface area contributed by atoms with Crippen LogP contribution in [0.15, 0.2) is 30.5 Å². The Bertz CT molecular complexity index is 1080. The number of amides is 1. The van der Waals surface area contributed by atoms with Crippen molar-refractivity contribution in [2.75, 3.05) is 32.5 Å². The highest BCUT2D eigenvalue weighted by Crippen LogP contribution is 2.34. The second kappa shape index (κ2) is 10.8. The second-order valence-electron chi connectivity index (χ2n) is 6.95. The lowest BCUT2D eigenvalue weighted by molar-refractivity contribution is -0.143. The Labute approximate surface area is 189 Å². The molecule has 0 saturated carbocycles. The molecule has 0 fully saturated rings. The molecule has 1 aromatic carbocycles. The molecule has 0 bridgehead atoms. The molecule has 1 aromatic heterocycles. The van der Waals surface area contributed by atoms with E-state index in [0.717, 1.165) is 12.5 Å². The van der Waals surface area contributed by atoms with Crippen LogP contribution in [-0.4, -0.2) is 66.9 Å². The maximum atomic E-state index is 13.6. The van der Waals surface area contributed by atoms with Gasteiger partial charge < -0.3 is 10.1 Å². The number of nitrogens with zero attached hydrogens (tertiary/aromatic N) is 3. The average molecular weight is 491 g/mol. The second-order valence-corrected chi connectivity index (χ2v) is 8.93. The molecule has 2 aromatic rings. The van der Waals surface area contributed by atoms with Gasteiger partial charge in [0.1, 0.15) is 5.56 Å². The summed E-state index contributed by atoms with van der Waals surface area (Å²) in [4.78, 5) is 24.2. The fourth-order valence-corrected chi connectivity index (χ4v) is 3.98. The van der Waals surface area contributed by atoms with Gasteiger partial charge in [0.05, 0.1) is 24.7 Å². The number of hydrogen-bond acceptors (Lipinski definition) is 6. The summed E-state index contributed by atoms with van der Waals surface area (Å²) in [6.45, 7) is 3.88. The summed E-state index contributed by atoms with van der Waals surface area (Å²) in [7, 11) is -3.32. The van der Waals surface area contributed by atoms with Crippen LogP contribution in [0.25, 0.3) is 5.69 Å². The molecule has 0 atom stereocenters. The summed E-state index contributed by atoms with van der Waals surface area (Å²) in [6, 6.07) is 5.19. The van der Waals surface area contributed by atoms with Crippen molar-refractivity contribution in [3.05, 3.63) is 47.3 Å². The van der Waals surface area contributed by atoms with E-state index in [1.54, 1.807) is 6.92 Å². The van der Waals surface area contributed by atoms with E-state index in [9.17, 15) is 31.2 Å². The van der Waals surface area contributed by atoms with Gasteiger partial charge in [0.15, 0.2) is 5.69 Å². The molecule has 0 aliphatic carbocycles. The molecule has 0 aliphatic rings. The molecule has 182 valence electrons. The molecular formula is C20H25F3N4O5S. The lowest BCUT2D eigenvalue weighted by Crippen LogP contribution is -2.33. The summed E-state index contributed by atoms with van der Waals surface area (Å²) >= 11 is 0. The topological polar surface area (TPSA) is 111 Å². The van der Waals surface area contributed by atoms with Gasteiger partial charge in [-0.15, -0.1) is 0 Å². The van der Waals surface area contributed by atoms with E-state index in [1.807, 2.05) is 0 Å². The molecule has 33 heavy (non-hydrogen) atoms. The van der Waals surface area contributed by atoms with E-state index in [-0.39, 0.29) is 30.9 Å². The molecule has 1 heterocycles. The number of aromatic nitrogens is 2. The normalized spacial score (nSPS) is 12.1. The van der Waals surface area contributed by atoms with Gasteiger partial charge in [-0.3, -0.25) is 4.79 Å². The van der Waals surface area contributed by atoms with E-state index < -0.39 is 39.3 Å². The van der Waals surface area contributed by atoms with Crippen LogP contribution >= 0.6 is 0 Å². The van der Waals surface area contributed by atoms with Crippen molar-refractivity contribution in [1.82, 2.24) is 19.4 Å². The van der Waals surface area contributed by atoms with Crippen molar-refractivity contribution in [3.63, 3.8) is 0 Å². The van der Waals surface area contributed by atoms with Gasteiger partial charge in [-0.2, -0.15) is 18.3 Å². The first-order valence-corrected chi connectivity index (χ1v) is 11.9. The predicted octanol–water partition coefficient (Wildman–Crippen LogP) is 2.47. The SMILES string of the molecule is CCOC(=O)c1cnn(-c2ccc(C(=O)NCCCN(CC)S(C)(=O)=O)cc2)c1C(F)(F)F. The first-order chi connectivity index (χ1) is 15.4. The van der Waals surface area contributed by atoms with Crippen LogP contribution in [0.4, 0.5) is 13.2 Å². The Kier molecular flexibility index (Phi) is 8.61. The molecule has 1 N–H and O–H groups in total.